The number of carbonyl (C=O) groups excluding carboxylic acids is 1. The molecule has 0 saturated heterocycles. The first-order valence-electron chi connectivity index (χ1n) is 6.34. The molecule has 0 aliphatic heterocycles. The predicted octanol–water partition coefficient (Wildman–Crippen LogP) is 4.11. The molecule has 1 fully saturated rings. The van der Waals surface area contributed by atoms with Gasteiger partial charge in [-0.1, -0.05) is 45.4 Å². The van der Waals surface area contributed by atoms with E-state index in [-0.39, 0.29) is 0 Å². The van der Waals surface area contributed by atoms with Crippen molar-refractivity contribution in [3.8, 4) is 0 Å². The van der Waals surface area contributed by atoms with Crippen molar-refractivity contribution in [1.29, 1.82) is 0 Å². The normalized spacial score (nSPS) is 19.2. The second-order valence-corrected chi connectivity index (χ2v) is 4.68. The Morgan fingerprint density at radius 1 is 1.07 bits per heavy atom. The molecule has 0 unspecified atom stereocenters. The van der Waals surface area contributed by atoms with Gasteiger partial charge in [0.1, 0.15) is 5.78 Å². The van der Waals surface area contributed by atoms with Crippen molar-refractivity contribution in [2.24, 2.45) is 5.92 Å². The highest BCUT2D eigenvalue weighted by Crippen LogP contribution is 2.26. The fraction of sp³-hybridized carbons (Fsp3) is 0.923. The summed E-state index contributed by atoms with van der Waals surface area (Å²) in [5.41, 5.74) is 0. The van der Waals surface area contributed by atoms with E-state index in [2.05, 4.69) is 6.92 Å². The maximum Gasteiger partial charge on any atom is 0.132 e. The zero-order chi connectivity index (χ0) is 10.2. The van der Waals surface area contributed by atoms with Gasteiger partial charge < -0.3 is 0 Å². The summed E-state index contributed by atoms with van der Waals surface area (Å²) in [6.45, 7) is 2.09. The van der Waals surface area contributed by atoms with Crippen molar-refractivity contribution < 1.29 is 4.79 Å². The molecule has 1 heteroatoms. The SMILES string of the molecule is CCCC(=O)CCC1CCCCCC1. The van der Waals surface area contributed by atoms with E-state index in [1.54, 1.807) is 0 Å². The summed E-state index contributed by atoms with van der Waals surface area (Å²) in [5.74, 6) is 1.34. The molecule has 1 nitrogen and oxygen atoms in total. The highest BCUT2D eigenvalue weighted by Gasteiger charge is 2.13. The minimum Gasteiger partial charge on any atom is -0.300 e. The van der Waals surface area contributed by atoms with Crippen LogP contribution in [0.15, 0.2) is 0 Å². The Hall–Kier alpha value is -0.330. The first-order chi connectivity index (χ1) is 6.83. The topological polar surface area (TPSA) is 17.1 Å². The number of carbonyl (C=O) groups is 1. The van der Waals surface area contributed by atoms with Crippen LogP contribution in [0, 0.1) is 5.92 Å². The summed E-state index contributed by atoms with van der Waals surface area (Å²) in [4.78, 5) is 11.4. The van der Waals surface area contributed by atoms with Crippen LogP contribution in [0.25, 0.3) is 0 Å². The third-order valence-electron chi connectivity index (χ3n) is 3.34. The van der Waals surface area contributed by atoms with Gasteiger partial charge in [0.15, 0.2) is 0 Å². The van der Waals surface area contributed by atoms with Crippen LogP contribution in [0.4, 0.5) is 0 Å². The first kappa shape index (κ1) is 11.7. The van der Waals surface area contributed by atoms with Crippen LogP contribution in [-0.4, -0.2) is 5.78 Å². The molecule has 1 aliphatic carbocycles. The molecule has 1 saturated carbocycles. The fourth-order valence-electron chi connectivity index (χ4n) is 2.42. The molecule has 1 rings (SSSR count). The Labute approximate surface area is 88.3 Å². The van der Waals surface area contributed by atoms with Gasteiger partial charge in [-0.2, -0.15) is 0 Å². The highest BCUT2D eigenvalue weighted by atomic mass is 16.1. The van der Waals surface area contributed by atoms with Crippen molar-refractivity contribution in [3.05, 3.63) is 0 Å². The second-order valence-electron chi connectivity index (χ2n) is 4.68. The lowest BCUT2D eigenvalue weighted by molar-refractivity contribution is -0.119. The second kappa shape index (κ2) is 7.03. The van der Waals surface area contributed by atoms with E-state index in [4.69, 9.17) is 0 Å². The van der Waals surface area contributed by atoms with Gasteiger partial charge in [0.25, 0.3) is 0 Å². The number of ketones is 1. The van der Waals surface area contributed by atoms with E-state index in [9.17, 15) is 4.79 Å². The van der Waals surface area contributed by atoms with Crippen LogP contribution in [-0.2, 0) is 4.79 Å². The average molecular weight is 196 g/mol. The largest absolute Gasteiger partial charge is 0.300 e. The zero-order valence-corrected chi connectivity index (χ0v) is 9.56. The molecule has 82 valence electrons. The number of hydrogen-bond acceptors (Lipinski definition) is 1. The Balaban J connectivity index is 2.12. The average Bonchev–Trinajstić information content (AvgIpc) is 2.43. The van der Waals surface area contributed by atoms with E-state index in [0.717, 1.165) is 25.2 Å². The summed E-state index contributed by atoms with van der Waals surface area (Å²) < 4.78 is 0. The Kier molecular flexibility index (Phi) is 5.89. The van der Waals surface area contributed by atoms with Crippen LogP contribution in [0.5, 0.6) is 0 Å². The third-order valence-corrected chi connectivity index (χ3v) is 3.34. The molecule has 0 atom stereocenters. The van der Waals surface area contributed by atoms with Gasteiger partial charge in [0.2, 0.25) is 0 Å². The van der Waals surface area contributed by atoms with Gasteiger partial charge in [-0.3, -0.25) is 4.79 Å². The summed E-state index contributed by atoms with van der Waals surface area (Å²) in [6, 6.07) is 0. The minimum absolute atomic E-state index is 0.483. The Morgan fingerprint density at radius 2 is 1.71 bits per heavy atom. The number of rotatable bonds is 5. The lowest BCUT2D eigenvalue weighted by Gasteiger charge is -2.12. The molecule has 14 heavy (non-hydrogen) atoms. The van der Waals surface area contributed by atoms with Crippen molar-refractivity contribution in [1.82, 2.24) is 0 Å². The predicted molar refractivity (Wildman–Crippen MR) is 60.3 cm³/mol. The molecule has 0 aromatic heterocycles. The van der Waals surface area contributed by atoms with E-state index >= 15 is 0 Å². The van der Waals surface area contributed by atoms with Gasteiger partial charge in [-0.25, -0.2) is 0 Å². The minimum atomic E-state index is 0.483. The monoisotopic (exact) mass is 196 g/mol. The number of hydrogen-bond donors (Lipinski definition) is 0. The fourth-order valence-corrected chi connectivity index (χ4v) is 2.42. The molecule has 0 amide bonds. The van der Waals surface area contributed by atoms with Gasteiger partial charge >= 0.3 is 0 Å². The molecule has 0 bridgehead atoms. The van der Waals surface area contributed by atoms with Crippen LogP contribution in [0.1, 0.15) is 71.1 Å². The molecular formula is C13H24O. The Morgan fingerprint density at radius 3 is 2.29 bits per heavy atom. The van der Waals surface area contributed by atoms with Gasteiger partial charge in [0, 0.05) is 12.8 Å². The molecular weight excluding hydrogens is 172 g/mol. The number of Topliss-reactive ketones (excluding diaryl/α,β-unsaturated/α-hetero) is 1. The van der Waals surface area contributed by atoms with Crippen LogP contribution < -0.4 is 0 Å². The molecule has 0 heterocycles. The summed E-state index contributed by atoms with van der Waals surface area (Å²) in [5, 5.41) is 0. The van der Waals surface area contributed by atoms with E-state index in [1.807, 2.05) is 0 Å². The molecule has 0 radical (unpaired) electrons. The van der Waals surface area contributed by atoms with E-state index in [1.165, 1.54) is 44.9 Å². The maximum atomic E-state index is 11.4. The zero-order valence-electron chi connectivity index (χ0n) is 9.56. The van der Waals surface area contributed by atoms with Crippen molar-refractivity contribution in [2.75, 3.05) is 0 Å². The standard InChI is InChI=1S/C13H24O/c1-2-7-13(14)11-10-12-8-5-3-4-6-9-12/h12H,2-11H2,1H3. The van der Waals surface area contributed by atoms with Crippen LogP contribution in [0.3, 0.4) is 0 Å². The molecule has 0 spiro atoms. The van der Waals surface area contributed by atoms with E-state index in [0.29, 0.717) is 5.78 Å². The van der Waals surface area contributed by atoms with Crippen LogP contribution in [0.2, 0.25) is 0 Å². The molecule has 0 aromatic rings. The molecule has 1 aliphatic rings. The molecule has 0 N–H and O–H groups in total. The lowest BCUT2D eigenvalue weighted by atomic mass is 9.93. The highest BCUT2D eigenvalue weighted by molar-refractivity contribution is 5.78. The molecule has 0 aromatic carbocycles. The first-order valence-corrected chi connectivity index (χ1v) is 6.34. The van der Waals surface area contributed by atoms with E-state index < -0.39 is 0 Å². The van der Waals surface area contributed by atoms with Crippen molar-refractivity contribution >= 4 is 5.78 Å². The van der Waals surface area contributed by atoms with Gasteiger partial charge in [-0.05, 0) is 18.8 Å². The summed E-state index contributed by atoms with van der Waals surface area (Å²) in [6.07, 6.45) is 12.2. The quantitative estimate of drug-likeness (QED) is 0.605. The smallest absolute Gasteiger partial charge is 0.132 e. The van der Waals surface area contributed by atoms with Gasteiger partial charge in [0.05, 0.1) is 0 Å². The summed E-state index contributed by atoms with van der Waals surface area (Å²) in [7, 11) is 0. The van der Waals surface area contributed by atoms with Crippen LogP contribution >= 0.6 is 0 Å². The van der Waals surface area contributed by atoms with Gasteiger partial charge in [-0.15, -0.1) is 0 Å². The Bertz CT molecular complexity index is 155. The van der Waals surface area contributed by atoms with Crippen molar-refractivity contribution in [3.63, 3.8) is 0 Å². The third kappa shape index (κ3) is 4.78. The van der Waals surface area contributed by atoms with Crippen molar-refractivity contribution in [2.45, 2.75) is 71.1 Å². The lowest BCUT2D eigenvalue weighted by Crippen LogP contribution is -2.04. The summed E-state index contributed by atoms with van der Waals surface area (Å²) >= 11 is 0. The maximum absolute atomic E-state index is 11.4.